The molecule has 0 aromatic carbocycles. The van der Waals surface area contributed by atoms with Crippen LogP contribution in [-0.2, 0) is 18.4 Å². The summed E-state index contributed by atoms with van der Waals surface area (Å²) in [5.74, 6) is 0.300. The number of carbonyl (C=O) groups excluding carboxylic acids is 1. The van der Waals surface area contributed by atoms with Crippen LogP contribution in [0.4, 0.5) is 0 Å². The molecule has 0 radical (unpaired) electrons. The van der Waals surface area contributed by atoms with Crippen molar-refractivity contribution in [1.29, 1.82) is 0 Å². The average Bonchev–Trinajstić information content (AvgIpc) is 2.89. The van der Waals surface area contributed by atoms with Crippen LogP contribution >= 0.6 is 0 Å². The van der Waals surface area contributed by atoms with Crippen LogP contribution in [0.1, 0.15) is 37.7 Å². The summed E-state index contributed by atoms with van der Waals surface area (Å²) in [5, 5.41) is 4.25. The smallest absolute Gasteiger partial charge is 0.223 e. The minimum absolute atomic E-state index is 0.0178. The van der Waals surface area contributed by atoms with Crippen LogP contribution in [0.15, 0.2) is 25.0 Å². The monoisotopic (exact) mass is 302 g/mol. The lowest BCUT2D eigenvalue weighted by Gasteiger charge is -2.52. The molecular weight excluding hydrogens is 276 g/mol. The van der Waals surface area contributed by atoms with Crippen LogP contribution in [0.5, 0.6) is 0 Å². The number of amides is 1. The number of nitrogens with zero attached hydrogens (tertiary/aromatic N) is 4. The summed E-state index contributed by atoms with van der Waals surface area (Å²) in [4.78, 5) is 16.9. The molecule has 5 nitrogen and oxygen atoms in total. The third-order valence-electron chi connectivity index (χ3n) is 5.02. The second-order valence-electron chi connectivity index (χ2n) is 6.71. The highest BCUT2D eigenvalue weighted by Crippen LogP contribution is 2.37. The molecular formula is C17H26N4O. The number of rotatable bonds is 4. The quantitative estimate of drug-likeness (QED) is 0.798. The number of hydrogen-bond donors (Lipinski definition) is 0. The van der Waals surface area contributed by atoms with E-state index in [0.717, 1.165) is 45.3 Å². The first kappa shape index (κ1) is 15.3. The third kappa shape index (κ3) is 2.95. The van der Waals surface area contributed by atoms with Crippen molar-refractivity contribution in [2.24, 2.45) is 7.05 Å². The molecule has 120 valence electrons. The van der Waals surface area contributed by atoms with Crippen LogP contribution in [0.2, 0.25) is 0 Å². The minimum Gasteiger partial charge on any atom is -0.332 e. The zero-order valence-electron chi connectivity index (χ0n) is 13.5. The van der Waals surface area contributed by atoms with Gasteiger partial charge in [-0.1, -0.05) is 6.08 Å². The number of carbonyl (C=O) groups is 1. The van der Waals surface area contributed by atoms with E-state index >= 15 is 0 Å². The lowest BCUT2D eigenvalue weighted by Crippen LogP contribution is -2.62. The number of likely N-dealkylation sites (tertiary alicyclic amines) is 2. The summed E-state index contributed by atoms with van der Waals surface area (Å²) in [7, 11) is 1.95. The summed E-state index contributed by atoms with van der Waals surface area (Å²) in [6, 6.07) is 0. The van der Waals surface area contributed by atoms with Gasteiger partial charge in [0.05, 0.1) is 11.7 Å². The third-order valence-corrected chi connectivity index (χ3v) is 5.02. The first-order valence-corrected chi connectivity index (χ1v) is 8.24. The van der Waals surface area contributed by atoms with E-state index in [4.69, 9.17) is 0 Å². The number of piperidine rings is 2. The molecule has 2 aliphatic heterocycles. The zero-order chi connectivity index (χ0) is 15.6. The largest absolute Gasteiger partial charge is 0.332 e. The minimum atomic E-state index is 0.0178. The van der Waals surface area contributed by atoms with Gasteiger partial charge in [-0.15, -0.1) is 6.58 Å². The van der Waals surface area contributed by atoms with Crippen LogP contribution in [-0.4, -0.2) is 50.7 Å². The molecule has 1 spiro atoms. The Morgan fingerprint density at radius 1 is 1.41 bits per heavy atom. The Hall–Kier alpha value is -1.62. The van der Waals surface area contributed by atoms with Crippen molar-refractivity contribution in [3.05, 3.63) is 30.6 Å². The Bertz CT molecular complexity index is 549. The van der Waals surface area contributed by atoms with Crippen LogP contribution in [0.25, 0.3) is 0 Å². The summed E-state index contributed by atoms with van der Waals surface area (Å²) < 4.78 is 1.85. The lowest BCUT2D eigenvalue weighted by atomic mass is 9.79. The van der Waals surface area contributed by atoms with Gasteiger partial charge in [0, 0.05) is 44.9 Å². The van der Waals surface area contributed by atoms with Crippen molar-refractivity contribution in [3.63, 3.8) is 0 Å². The zero-order valence-corrected chi connectivity index (χ0v) is 13.5. The van der Waals surface area contributed by atoms with Crippen LogP contribution in [0, 0.1) is 0 Å². The molecule has 2 aliphatic rings. The van der Waals surface area contributed by atoms with Gasteiger partial charge < -0.3 is 4.90 Å². The van der Waals surface area contributed by atoms with Crippen molar-refractivity contribution in [1.82, 2.24) is 19.6 Å². The normalized spacial score (nSPS) is 26.6. The molecule has 3 heterocycles. The van der Waals surface area contributed by atoms with E-state index in [1.807, 2.05) is 24.0 Å². The Morgan fingerprint density at radius 2 is 2.23 bits per heavy atom. The summed E-state index contributed by atoms with van der Waals surface area (Å²) in [5.41, 5.74) is 1.27. The second-order valence-corrected chi connectivity index (χ2v) is 6.71. The van der Waals surface area contributed by atoms with E-state index in [-0.39, 0.29) is 5.54 Å². The average molecular weight is 302 g/mol. The molecule has 0 saturated carbocycles. The predicted molar refractivity (Wildman–Crippen MR) is 86.2 cm³/mol. The Labute approximate surface area is 132 Å². The fourth-order valence-electron chi connectivity index (χ4n) is 4.10. The maximum Gasteiger partial charge on any atom is 0.223 e. The van der Waals surface area contributed by atoms with Crippen molar-refractivity contribution in [2.75, 3.05) is 19.6 Å². The number of hydrogen-bond acceptors (Lipinski definition) is 3. The highest BCUT2D eigenvalue weighted by atomic mass is 16.2. The molecule has 1 aromatic heterocycles. The van der Waals surface area contributed by atoms with Gasteiger partial charge in [0.1, 0.15) is 0 Å². The molecule has 0 N–H and O–H groups in total. The maximum atomic E-state index is 12.4. The first-order chi connectivity index (χ1) is 10.6. The second kappa shape index (κ2) is 6.24. The van der Waals surface area contributed by atoms with Gasteiger partial charge in [-0.2, -0.15) is 5.10 Å². The maximum absolute atomic E-state index is 12.4. The summed E-state index contributed by atoms with van der Waals surface area (Å²) in [6.45, 7) is 7.52. The van der Waals surface area contributed by atoms with E-state index in [2.05, 4.69) is 27.7 Å². The van der Waals surface area contributed by atoms with Crippen LogP contribution < -0.4 is 0 Å². The Morgan fingerprint density at radius 3 is 2.95 bits per heavy atom. The lowest BCUT2D eigenvalue weighted by molar-refractivity contribution is -0.144. The fourth-order valence-corrected chi connectivity index (χ4v) is 4.10. The number of aryl methyl sites for hydroxylation is 1. The standard InChI is InChI=1S/C17H26N4O/c1-3-9-21-16(22)6-4-7-17(21)8-5-10-20(14-17)13-15-11-18-19(2)12-15/h3,11-12H,1,4-10,13-14H2,2H3. The SMILES string of the molecule is C=CCN1C(=O)CCCC12CCCN(Cc1cnn(C)c1)C2. The Kier molecular flexibility index (Phi) is 4.34. The van der Waals surface area contributed by atoms with Gasteiger partial charge in [0.25, 0.3) is 0 Å². The molecule has 1 amide bonds. The van der Waals surface area contributed by atoms with Gasteiger partial charge in [0.2, 0.25) is 5.91 Å². The first-order valence-electron chi connectivity index (χ1n) is 8.24. The van der Waals surface area contributed by atoms with Crippen molar-refractivity contribution in [3.8, 4) is 0 Å². The van der Waals surface area contributed by atoms with Crippen molar-refractivity contribution in [2.45, 2.75) is 44.2 Å². The van der Waals surface area contributed by atoms with Crippen molar-refractivity contribution >= 4 is 5.91 Å². The van der Waals surface area contributed by atoms with E-state index in [1.165, 1.54) is 5.56 Å². The molecule has 5 heteroatoms. The van der Waals surface area contributed by atoms with Gasteiger partial charge in [-0.05, 0) is 32.2 Å². The van der Waals surface area contributed by atoms with Gasteiger partial charge >= 0.3 is 0 Å². The molecule has 2 saturated heterocycles. The Balaban J connectivity index is 1.74. The van der Waals surface area contributed by atoms with Gasteiger partial charge in [-0.25, -0.2) is 0 Å². The van der Waals surface area contributed by atoms with Gasteiger partial charge in [0.15, 0.2) is 0 Å². The molecule has 3 rings (SSSR count). The van der Waals surface area contributed by atoms with E-state index in [0.29, 0.717) is 18.9 Å². The fraction of sp³-hybridized carbons (Fsp3) is 0.647. The molecule has 0 aliphatic carbocycles. The molecule has 22 heavy (non-hydrogen) atoms. The summed E-state index contributed by atoms with van der Waals surface area (Å²) in [6.07, 6.45) is 11.0. The predicted octanol–water partition coefficient (Wildman–Crippen LogP) is 1.95. The molecule has 2 fully saturated rings. The topological polar surface area (TPSA) is 41.4 Å². The number of aromatic nitrogens is 2. The van der Waals surface area contributed by atoms with E-state index in [1.54, 1.807) is 0 Å². The molecule has 1 atom stereocenters. The molecule has 0 bridgehead atoms. The van der Waals surface area contributed by atoms with Crippen LogP contribution in [0.3, 0.4) is 0 Å². The highest BCUT2D eigenvalue weighted by Gasteiger charge is 2.44. The van der Waals surface area contributed by atoms with E-state index in [9.17, 15) is 4.79 Å². The summed E-state index contributed by atoms with van der Waals surface area (Å²) >= 11 is 0. The van der Waals surface area contributed by atoms with E-state index < -0.39 is 0 Å². The highest BCUT2D eigenvalue weighted by molar-refractivity contribution is 5.78. The van der Waals surface area contributed by atoms with Gasteiger partial charge in [-0.3, -0.25) is 14.4 Å². The van der Waals surface area contributed by atoms with Crippen molar-refractivity contribution < 1.29 is 4.79 Å². The molecule has 1 aromatic rings. The molecule has 1 unspecified atom stereocenters.